The van der Waals surface area contributed by atoms with Crippen LogP contribution in [0.3, 0.4) is 0 Å². The normalized spacial score (nSPS) is 26.5. The largest absolute Gasteiger partial charge is 0.481 e. The number of hydrogen-bond donors (Lipinski definition) is 2. The van der Waals surface area contributed by atoms with Gasteiger partial charge >= 0.3 is 5.97 Å². The van der Waals surface area contributed by atoms with Crippen molar-refractivity contribution in [1.29, 1.82) is 0 Å². The number of carboxylic acid groups (broad SMARTS) is 1. The number of benzene rings is 1. The van der Waals surface area contributed by atoms with Crippen molar-refractivity contribution in [2.24, 2.45) is 11.3 Å². The molecule has 3 rings (SSSR count). The molecule has 2 N–H and O–H groups in total. The van der Waals surface area contributed by atoms with E-state index in [1.807, 2.05) is 25.1 Å². The molecule has 1 aromatic carbocycles. The van der Waals surface area contributed by atoms with Crippen molar-refractivity contribution < 1.29 is 19.4 Å². The maximum atomic E-state index is 13.0. The summed E-state index contributed by atoms with van der Waals surface area (Å²) in [7, 11) is 0. The van der Waals surface area contributed by atoms with Gasteiger partial charge in [-0.3, -0.25) is 4.79 Å². The predicted octanol–water partition coefficient (Wildman–Crippen LogP) is 2.69. The lowest BCUT2D eigenvalue weighted by molar-refractivity contribution is -0.149. The summed E-state index contributed by atoms with van der Waals surface area (Å²) >= 11 is 0. The van der Waals surface area contributed by atoms with Gasteiger partial charge in [-0.2, -0.15) is 0 Å². The second kappa shape index (κ2) is 6.28. The Morgan fingerprint density at radius 3 is 2.62 bits per heavy atom. The molecule has 0 spiro atoms. The summed E-state index contributed by atoms with van der Waals surface area (Å²) in [6.45, 7) is 1.87. The van der Waals surface area contributed by atoms with Crippen molar-refractivity contribution in [2.75, 3.05) is 0 Å². The minimum atomic E-state index is -0.957. The van der Waals surface area contributed by atoms with Crippen molar-refractivity contribution in [1.82, 2.24) is 9.97 Å². The first kappa shape index (κ1) is 16.5. The molecule has 1 saturated carbocycles. The van der Waals surface area contributed by atoms with Gasteiger partial charge in [0, 0.05) is 5.56 Å². The van der Waals surface area contributed by atoms with Gasteiger partial charge in [0.25, 0.3) is 0 Å². The smallest absolute Gasteiger partial charge is 0.310 e. The Kier molecular flexibility index (Phi) is 4.32. The molecule has 3 atom stereocenters. The summed E-state index contributed by atoms with van der Waals surface area (Å²) in [5.74, 6) is -1.03. The standard InChI is InChI=1S/C18H19FN2O3/c1-11-6-18(17(23)24,8-15(11)22)7-12-3-2-4-13(5-12)16-20-9-14(19)10-21-16/h2-5,9-11,15,22H,6-8H2,1H3,(H,23,24)/t11-,15-,18-/m1/s1. The van der Waals surface area contributed by atoms with E-state index in [0.717, 1.165) is 18.0 Å². The van der Waals surface area contributed by atoms with E-state index in [1.165, 1.54) is 0 Å². The van der Waals surface area contributed by atoms with Gasteiger partial charge in [0.15, 0.2) is 11.6 Å². The monoisotopic (exact) mass is 330 g/mol. The molecule has 0 aliphatic heterocycles. The van der Waals surface area contributed by atoms with Crippen LogP contribution in [0.15, 0.2) is 36.7 Å². The van der Waals surface area contributed by atoms with E-state index in [4.69, 9.17) is 0 Å². The lowest BCUT2D eigenvalue weighted by Gasteiger charge is -2.24. The number of hydrogen-bond acceptors (Lipinski definition) is 4. The quantitative estimate of drug-likeness (QED) is 0.900. The van der Waals surface area contributed by atoms with E-state index in [9.17, 15) is 19.4 Å². The first-order valence-electron chi connectivity index (χ1n) is 7.88. The van der Waals surface area contributed by atoms with Gasteiger partial charge < -0.3 is 10.2 Å². The van der Waals surface area contributed by atoms with Crippen LogP contribution in [-0.4, -0.2) is 32.3 Å². The Hall–Kier alpha value is -2.34. The predicted molar refractivity (Wildman–Crippen MR) is 85.6 cm³/mol. The van der Waals surface area contributed by atoms with Crippen LogP contribution in [0.2, 0.25) is 0 Å². The van der Waals surface area contributed by atoms with Crippen molar-refractivity contribution in [3.8, 4) is 11.4 Å². The first-order chi connectivity index (χ1) is 11.4. The molecule has 0 bridgehead atoms. The van der Waals surface area contributed by atoms with Crippen LogP contribution < -0.4 is 0 Å². The first-order valence-corrected chi connectivity index (χ1v) is 7.88. The van der Waals surface area contributed by atoms with Crippen LogP contribution in [0.25, 0.3) is 11.4 Å². The zero-order chi connectivity index (χ0) is 17.3. The maximum absolute atomic E-state index is 13.0. The lowest BCUT2D eigenvalue weighted by Crippen LogP contribution is -2.31. The van der Waals surface area contributed by atoms with Crippen LogP contribution in [-0.2, 0) is 11.2 Å². The van der Waals surface area contributed by atoms with Crippen molar-refractivity contribution >= 4 is 5.97 Å². The molecule has 0 saturated heterocycles. The van der Waals surface area contributed by atoms with Crippen LogP contribution in [0.5, 0.6) is 0 Å². The summed E-state index contributed by atoms with van der Waals surface area (Å²) in [6.07, 6.45) is 2.64. The number of aliphatic carboxylic acids is 1. The molecule has 1 aromatic heterocycles. The van der Waals surface area contributed by atoms with Gasteiger partial charge in [0.1, 0.15) is 0 Å². The number of rotatable bonds is 4. The van der Waals surface area contributed by atoms with E-state index in [0.29, 0.717) is 24.2 Å². The molecule has 0 radical (unpaired) electrons. The Labute approximate surface area is 139 Å². The van der Waals surface area contributed by atoms with Crippen molar-refractivity contribution in [3.05, 3.63) is 48.0 Å². The van der Waals surface area contributed by atoms with Gasteiger partial charge in [-0.15, -0.1) is 0 Å². The number of carbonyl (C=O) groups is 1. The highest BCUT2D eigenvalue weighted by Gasteiger charge is 2.48. The molecule has 0 amide bonds. The number of halogens is 1. The van der Waals surface area contributed by atoms with Gasteiger partial charge in [0.05, 0.1) is 23.9 Å². The van der Waals surface area contributed by atoms with Gasteiger partial charge in [0.2, 0.25) is 0 Å². The maximum Gasteiger partial charge on any atom is 0.310 e. The van der Waals surface area contributed by atoms with Gasteiger partial charge in [-0.05, 0) is 36.8 Å². The summed E-state index contributed by atoms with van der Waals surface area (Å²) in [5, 5.41) is 19.7. The third-order valence-electron chi connectivity index (χ3n) is 4.77. The van der Waals surface area contributed by atoms with E-state index in [2.05, 4.69) is 9.97 Å². The molecular formula is C18H19FN2O3. The van der Waals surface area contributed by atoms with Gasteiger partial charge in [-0.1, -0.05) is 25.1 Å². The fourth-order valence-electron chi connectivity index (χ4n) is 3.50. The van der Waals surface area contributed by atoms with Crippen LogP contribution in [0.4, 0.5) is 4.39 Å². The van der Waals surface area contributed by atoms with Crippen LogP contribution >= 0.6 is 0 Å². The van der Waals surface area contributed by atoms with Gasteiger partial charge in [-0.25, -0.2) is 14.4 Å². The fourth-order valence-corrected chi connectivity index (χ4v) is 3.50. The molecule has 24 heavy (non-hydrogen) atoms. The van der Waals surface area contributed by atoms with E-state index >= 15 is 0 Å². The lowest BCUT2D eigenvalue weighted by atomic mass is 9.79. The fraction of sp³-hybridized carbons (Fsp3) is 0.389. The summed E-state index contributed by atoms with van der Waals surface area (Å²) in [6, 6.07) is 7.29. The zero-order valence-corrected chi connectivity index (χ0v) is 13.3. The molecule has 1 fully saturated rings. The topological polar surface area (TPSA) is 83.3 Å². The second-order valence-electron chi connectivity index (χ2n) is 6.64. The Balaban J connectivity index is 1.89. The van der Waals surface area contributed by atoms with Crippen molar-refractivity contribution in [2.45, 2.75) is 32.3 Å². The molecule has 6 heteroatoms. The number of nitrogens with zero attached hydrogens (tertiary/aromatic N) is 2. The molecule has 5 nitrogen and oxygen atoms in total. The average Bonchev–Trinajstić information content (AvgIpc) is 2.84. The molecule has 2 aromatic rings. The van der Waals surface area contributed by atoms with Crippen molar-refractivity contribution in [3.63, 3.8) is 0 Å². The number of carboxylic acids is 1. The van der Waals surface area contributed by atoms with Crippen LogP contribution in [0, 0.1) is 17.2 Å². The molecule has 1 aliphatic rings. The van der Waals surface area contributed by atoms with E-state index in [-0.39, 0.29) is 12.3 Å². The SMILES string of the molecule is C[C@@H]1C[C@](Cc2cccc(-c3ncc(F)cn3)c2)(C(=O)O)C[C@H]1O. The second-order valence-corrected chi connectivity index (χ2v) is 6.64. The Bertz CT molecular complexity index is 738. The highest BCUT2D eigenvalue weighted by Crippen LogP contribution is 2.44. The van der Waals surface area contributed by atoms with E-state index in [1.54, 1.807) is 6.07 Å². The summed E-state index contributed by atoms with van der Waals surface area (Å²) < 4.78 is 13.0. The number of aliphatic hydroxyl groups excluding tert-OH is 1. The summed E-state index contributed by atoms with van der Waals surface area (Å²) in [5.41, 5.74) is 0.588. The molecular weight excluding hydrogens is 311 g/mol. The highest BCUT2D eigenvalue weighted by atomic mass is 19.1. The minimum absolute atomic E-state index is 0.0373. The average molecular weight is 330 g/mol. The molecule has 1 heterocycles. The number of aromatic nitrogens is 2. The van der Waals surface area contributed by atoms with Crippen LogP contribution in [0.1, 0.15) is 25.3 Å². The van der Waals surface area contributed by atoms with E-state index < -0.39 is 23.3 Å². The molecule has 1 aliphatic carbocycles. The number of aliphatic hydroxyl groups is 1. The Morgan fingerprint density at radius 2 is 2.04 bits per heavy atom. The third-order valence-corrected chi connectivity index (χ3v) is 4.77. The summed E-state index contributed by atoms with van der Waals surface area (Å²) in [4.78, 5) is 19.7. The molecule has 0 unspecified atom stereocenters. The highest BCUT2D eigenvalue weighted by molar-refractivity contribution is 5.76. The Morgan fingerprint density at radius 1 is 1.33 bits per heavy atom. The molecule has 126 valence electrons. The third kappa shape index (κ3) is 3.14. The minimum Gasteiger partial charge on any atom is -0.481 e. The zero-order valence-electron chi connectivity index (χ0n) is 13.3.